The van der Waals surface area contributed by atoms with E-state index in [2.05, 4.69) is 22.1 Å². The van der Waals surface area contributed by atoms with Gasteiger partial charge in [-0.05, 0) is 50.9 Å². The van der Waals surface area contributed by atoms with E-state index in [1.807, 2.05) is 30.3 Å². The van der Waals surface area contributed by atoms with Crippen molar-refractivity contribution in [2.75, 3.05) is 24.5 Å². The number of ether oxygens (including phenoxy) is 1. The topological polar surface area (TPSA) is 74.8 Å². The molecule has 1 aromatic carbocycles. The van der Waals surface area contributed by atoms with E-state index >= 15 is 0 Å². The fourth-order valence-corrected chi connectivity index (χ4v) is 4.43. The Labute approximate surface area is 189 Å². The highest BCUT2D eigenvalue weighted by atomic mass is 16.5. The minimum absolute atomic E-state index is 0.0806. The number of benzene rings is 1. The number of amides is 2. The average molecular weight is 437 g/mol. The number of pyridine rings is 1. The Morgan fingerprint density at radius 1 is 1.16 bits per heavy atom. The summed E-state index contributed by atoms with van der Waals surface area (Å²) in [6.45, 7) is 5.49. The van der Waals surface area contributed by atoms with Gasteiger partial charge in [0.2, 0.25) is 17.7 Å². The van der Waals surface area contributed by atoms with Crippen LogP contribution in [-0.2, 0) is 16.1 Å². The number of para-hydroxylation sites is 1. The molecule has 170 valence electrons. The molecule has 2 aromatic rings. The van der Waals surface area contributed by atoms with Gasteiger partial charge in [0.15, 0.2) is 0 Å². The number of piperidine rings is 1. The molecule has 32 heavy (non-hydrogen) atoms. The molecule has 1 unspecified atom stereocenters. The molecule has 0 radical (unpaired) electrons. The summed E-state index contributed by atoms with van der Waals surface area (Å²) in [5.41, 5.74) is 1.54. The van der Waals surface area contributed by atoms with E-state index in [1.54, 1.807) is 17.2 Å². The molecule has 2 amide bonds. The van der Waals surface area contributed by atoms with Gasteiger partial charge < -0.3 is 19.9 Å². The summed E-state index contributed by atoms with van der Waals surface area (Å²) in [5.74, 6) is 0.908. The van der Waals surface area contributed by atoms with Gasteiger partial charge in [-0.1, -0.05) is 24.6 Å². The second-order valence-corrected chi connectivity index (χ2v) is 8.60. The number of hydrogen-bond acceptors (Lipinski definition) is 5. The summed E-state index contributed by atoms with van der Waals surface area (Å²) in [7, 11) is 0. The van der Waals surface area contributed by atoms with Crippen LogP contribution >= 0.6 is 0 Å². The molecule has 1 N–H and O–H groups in total. The lowest BCUT2D eigenvalue weighted by atomic mass is 10.0. The first-order chi connectivity index (χ1) is 15.6. The SMILES string of the molecule is CC1CCCCN1CCCNC(=O)CCC(=O)N1Cc2ccccc2Oc2ncccc21. The van der Waals surface area contributed by atoms with Crippen LogP contribution in [0, 0.1) is 0 Å². The molecule has 0 bridgehead atoms. The minimum Gasteiger partial charge on any atom is -0.437 e. The second kappa shape index (κ2) is 10.6. The maximum Gasteiger partial charge on any atom is 0.243 e. The number of nitrogens with zero attached hydrogens (tertiary/aromatic N) is 3. The van der Waals surface area contributed by atoms with E-state index in [9.17, 15) is 9.59 Å². The highest BCUT2D eigenvalue weighted by molar-refractivity contribution is 5.96. The minimum atomic E-state index is -0.114. The van der Waals surface area contributed by atoms with E-state index in [0.717, 1.165) is 25.1 Å². The fourth-order valence-electron chi connectivity index (χ4n) is 4.43. The number of anilines is 1. The van der Waals surface area contributed by atoms with E-state index in [1.165, 1.54) is 19.3 Å². The van der Waals surface area contributed by atoms with Gasteiger partial charge in [-0.2, -0.15) is 0 Å². The number of fused-ring (bicyclic) bond motifs is 2. The highest BCUT2D eigenvalue weighted by Crippen LogP contribution is 2.37. The van der Waals surface area contributed by atoms with Crippen LogP contribution in [0.4, 0.5) is 5.69 Å². The predicted octanol–water partition coefficient (Wildman–Crippen LogP) is 3.88. The van der Waals surface area contributed by atoms with Crippen molar-refractivity contribution in [3.05, 3.63) is 48.2 Å². The number of hydrogen-bond donors (Lipinski definition) is 1. The third kappa shape index (κ3) is 5.46. The Morgan fingerprint density at radius 2 is 2.03 bits per heavy atom. The van der Waals surface area contributed by atoms with Crippen molar-refractivity contribution < 1.29 is 14.3 Å². The predicted molar refractivity (Wildman–Crippen MR) is 124 cm³/mol. The Bertz CT molecular complexity index is 948. The van der Waals surface area contributed by atoms with E-state index in [4.69, 9.17) is 4.74 Å². The molecule has 0 aliphatic carbocycles. The molecule has 1 saturated heterocycles. The van der Waals surface area contributed by atoms with Crippen molar-refractivity contribution >= 4 is 17.5 Å². The first-order valence-corrected chi connectivity index (χ1v) is 11.6. The third-order valence-electron chi connectivity index (χ3n) is 6.30. The molecule has 1 fully saturated rings. The Kier molecular flexibility index (Phi) is 7.37. The number of carbonyl (C=O) groups excluding carboxylic acids is 2. The third-order valence-corrected chi connectivity index (χ3v) is 6.30. The second-order valence-electron chi connectivity index (χ2n) is 8.60. The van der Waals surface area contributed by atoms with Gasteiger partial charge in [-0.3, -0.25) is 9.59 Å². The molecule has 7 heteroatoms. The Morgan fingerprint density at radius 3 is 2.91 bits per heavy atom. The van der Waals surface area contributed by atoms with Gasteiger partial charge in [0.1, 0.15) is 11.4 Å². The van der Waals surface area contributed by atoms with E-state index in [0.29, 0.717) is 36.4 Å². The molecular formula is C25H32N4O3. The van der Waals surface area contributed by atoms with Crippen LogP contribution in [0.15, 0.2) is 42.6 Å². The summed E-state index contributed by atoms with van der Waals surface area (Å²) < 4.78 is 5.94. The summed E-state index contributed by atoms with van der Waals surface area (Å²) >= 11 is 0. The van der Waals surface area contributed by atoms with Crippen molar-refractivity contribution in [3.8, 4) is 11.6 Å². The summed E-state index contributed by atoms with van der Waals surface area (Å²) in [4.78, 5) is 33.9. The molecule has 1 atom stereocenters. The normalized spacial score (nSPS) is 18.2. The summed E-state index contributed by atoms with van der Waals surface area (Å²) in [6.07, 6.45) is 6.75. The highest BCUT2D eigenvalue weighted by Gasteiger charge is 2.26. The van der Waals surface area contributed by atoms with Gasteiger partial charge in [0.25, 0.3) is 0 Å². The monoisotopic (exact) mass is 436 g/mol. The van der Waals surface area contributed by atoms with Crippen molar-refractivity contribution in [2.45, 2.75) is 58.0 Å². The van der Waals surface area contributed by atoms with Gasteiger partial charge in [0, 0.05) is 43.7 Å². The quantitative estimate of drug-likeness (QED) is 0.667. The van der Waals surface area contributed by atoms with Gasteiger partial charge in [0.05, 0.1) is 6.54 Å². The molecule has 4 rings (SSSR count). The first kappa shape index (κ1) is 22.3. The van der Waals surface area contributed by atoms with Crippen molar-refractivity contribution in [2.24, 2.45) is 0 Å². The van der Waals surface area contributed by atoms with Gasteiger partial charge in [-0.15, -0.1) is 0 Å². The summed E-state index contributed by atoms with van der Waals surface area (Å²) in [5, 5.41) is 2.97. The van der Waals surface area contributed by atoms with Crippen LogP contribution in [0.1, 0.15) is 51.0 Å². The van der Waals surface area contributed by atoms with E-state index < -0.39 is 0 Å². The fraction of sp³-hybridized carbons (Fsp3) is 0.480. The number of rotatable bonds is 7. The molecule has 7 nitrogen and oxygen atoms in total. The zero-order chi connectivity index (χ0) is 22.3. The Hall–Kier alpha value is -2.93. The lowest BCUT2D eigenvalue weighted by Gasteiger charge is -2.33. The molecule has 1 aromatic heterocycles. The molecule has 0 saturated carbocycles. The molecule has 2 aliphatic heterocycles. The van der Waals surface area contributed by atoms with Crippen molar-refractivity contribution in [1.82, 2.24) is 15.2 Å². The van der Waals surface area contributed by atoms with Gasteiger partial charge >= 0.3 is 0 Å². The van der Waals surface area contributed by atoms with Crippen LogP contribution < -0.4 is 15.0 Å². The smallest absolute Gasteiger partial charge is 0.243 e. The molecular weight excluding hydrogens is 404 g/mol. The number of likely N-dealkylation sites (tertiary alicyclic amines) is 1. The molecule has 2 aliphatic rings. The zero-order valence-corrected chi connectivity index (χ0v) is 18.8. The zero-order valence-electron chi connectivity index (χ0n) is 18.8. The van der Waals surface area contributed by atoms with Gasteiger partial charge in [-0.25, -0.2) is 4.98 Å². The number of nitrogens with one attached hydrogen (secondary N) is 1. The average Bonchev–Trinajstić information content (AvgIpc) is 2.98. The lowest BCUT2D eigenvalue weighted by Crippen LogP contribution is -2.39. The van der Waals surface area contributed by atoms with Crippen LogP contribution in [0.5, 0.6) is 11.6 Å². The maximum absolute atomic E-state index is 13.1. The lowest BCUT2D eigenvalue weighted by molar-refractivity contribution is -0.125. The van der Waals surface area contributed by atoms with E-state index in [-0.39, 0.29) is 24.7 Å². The standard InChI is InChI=1S/C25H32N4O3/c1-19-8-4-5-16-28(19)17-7-15-26-23(30)12-13-24(31)29-18-20-9-2-3-11-22(20)32-25-21(29)10-6-14-27-25/h2-3,6,9-11,14,19H,4-5,7-8,12-13,15-18H2,1H3,(H,26,30). The first-order valence-electron chi connectivity index (χ1n) is 11.6. The van der Waals surface area contributed by atoms with Crippen molar-refractivity contribution in [1.29, 1.82) is 0 Å². The van der Waals surface area contributed by atoms with Crippen molar-refractivity contribution in [3.63, 3.8) is 0 Å². The van der Waals surface area contributed by atoms with Crippen LogP contribution in [0.25, 0.3) is 0 Å². The van der Waals surface area contributed by atoms with Crippen LogP contribution in [0.3, 0.4) is 0 Å². The number of aromatic nitrogens is 1. The van der Waals surface area contributed by atoms with Crippen LogP contribution in [0.2, 0.25) is 0 Å². The largest absolute Gasteiger partial charge is 0.437 e. The summed E-state index contributed by atoms with van der Waals surface area (Å²) in [6, 6.07) is 11.9. The number of carbonyl (C=O) groups is 2. The Balaban J connectivity index is 1.28. The molecule has 0 spiro atoms. The van der Waals surface area contributed by atoms with Crippen LogP contribution in [-0.4, -0.2) is 47.4 Å². The molecule has 3 heterocycles. The maximum atomic E-state index is 13.1.